The van der Waals surface area contributed by atoms with Crippen LogP contribution in [0.15, 0.2) is 473 Å². The highest BCUT2D eigenvalue weighted by atomic mass is 14.9. The minimum atomic E-state index is 0.452. The summed E-state index contributed by atoms with van der Waals surface area (Å²) >= 11 is 0. The van der Waals surface area contributed by atoms with Crippen LogP contribution in [0.1, 0.15) is 66.8 Å². The molecule has 0 saturated carbocycles. The van der Waals surface area contributed by atoms with Crippen molar-refractivity contribution in [2.24, 2.45) is 0 Å². The molecule has 25 aromatic rings. The van der Waals surface area contributed by atoms with Crippen molar-refractivity contribution < 1.29 is 14.4 Å². The monoisotopic (exact) mass is 1780 g/mol. The Balaban J connectivity index is 0.686. The number of hydrogen-bond acceptors (Lipinski definition) is 0. The average molecular weight is 1780 g/mol. The minimum Gasteiger partial charge on any atom is -0.361 e. The maximum absolute atomic E-state index is 12.1. The van der Waals surface area contributed by atoms with Crippen molar-refractivity contribution in [3.05, 3.63) is 557 Å². The molecule has 0 unspecified atom stereocenters. The third-order valence-electron chi connectivity index (χ3n) is 27.9. The Morgan fingerprint density at radius 2 is 0.262 bits per heavy atom. The highest BCUT2D eigenvalue weighted by Crippen LogP contribution is 2.51. The summed E-state index contributed by atoms with van der Waals surface area (Å²) in [5, 5.41) is 23.2. The zero-order chi connectivity index (χ0) is 94.0. The Hall–Kier alpha value is -19.6. The lowest BCUT2D eigenvalue weighted by molar-refractivity contribution is -0.00279. The number of benzene rings is 25. The van der Waals surface area contributed by atoms with Gasteiger partial charge in [-0.05, 0) is 251 Å². The van der Waals surface area contributed by atoms with Gasteiger partial charge in [-0.15, -0.1) is 0 Å². The third-order valence-corrected chi connectivity index (χ3v) is 27.9. The molecule has 0 atom stereocenters. The fraction of sp³-hybridized carbons (Fsp3) is 0. The molecular formula is C135H78N6. The van der Waals surface area contributed by atoms with E-state index in [1.807, 2.05) is 36.4 Å². The number of nitrogens with zero attached hydrogens (tertiary/aromatic N) is 6. The van der Waals surface area contributed by atoms with E-state index in [1.165, 1.54) is 0 Å². The second-order valence-corrected chi connectivity index (χ2v) is 35.8. The number of hydrogen-bond donors (Lipinski definition) is 0. The predicted octanol–water partition coefficient (Wildman–Crippen LogP) is 32.9. The van der Waals surface area contributed by atoms with E-state index in [2.05, 4.69) is 487 Å². The van der Waals surface area contributed by atoms with Crippen LogP contribution in [-0.2, 0) is 0 Å². The first-order valence-corrected chi connectivity index (χ1v) is 47.4. The van der Waals surface area contributed by atoms with Crippen LogP contribution in [0.4, 0.5) is 0 Å². The van der Waals surface area contributed by atoms with E-state index in [9.17, 15) is 16.6 Å². The molecule has 0 aliphatic carbocycles. The highest BCUT2D eigenvalue weighted by Gasteiger charge is 2.35. The lowest BCUT2D eigenvalue weighted by atomic mass is 9.81. The van der Waals surface area contributed by atoms with Crippen LogP contribution in [0.2, 0.25) is 0 Å². The van der Waals surface area contributed by atoms with Crippen molar-refractivity contribution in [1.82, 2.24) is 0 Å². The van der Waals surface area contributed by atoms with E-state index in [4.69, 9.17) is 0 Å². The van der Waals surface area contributed by atoms with Gasteiger partial charge >= 0.3 is 17.1 Å². The summed E-state index contributed by atoms with van der Waals surface area (Å²) in [6.45, 7) is 0. The molecule has 6 heteroatoms. The van der Waals surface area contributed by atoms with E-state index in [0.29, 0.717) is 33.8 Å². The van der Waals surface area contributed by atoms with Gasteiger partial charge in [-0.3, -0.25) is 0 Å². The molecule has 0 saturated heterocycles. The smallest absolute Gasteiger partial charge is 0.332 e. The first-order chi connectivity index (χ1) is 69.9. The fourth-order valence-corrected chi connectivity index (χ4v) is 22.1. The first-order valence-electron chi connectivity index (χ1n) is 47.4. The lowest BCUT2D eigenvalue weighted by Crippen LogP contribution is -2.10. The molecule has 0 heterocycles. The van der Waals surface area contributed by atoms with Crippen LogP contribution < -0.4 is 0 Å². The molecule has 0 N–H and O–H groups in total. The Morgan fingerprint density at radius 3 is 0.426 bits per heavy atom. The quantitative estimate of drug-likeness (QED) is 0.0382. The summed E-state index contributed by atoms with van der Waals surface area (Å²) in [6.07, 6.45) is 0. The molecule has 25 aromatic carbocycles. The highest BCUT2D eigenvalue weighted by molar-refractivity contribution is 6.39. The van der Waals surface area contributed by atoms with Crippen LogP contribution in [0.25, 0.3) is 213 Å². The maximum atomic E-state index is 12.1. The topological polar surface area (TPSA) is 109 Å². The average Bonchev–Trinajstić information content (AvgIpc) is 0.718. The van der Waals surface area contributed by atoms with E-state index in [-0.39, 0.29) is 0 Å². The van der Waals surface area contributed by atoms with Crippen molar-refractivity contribution in [2.75, 3.05) is 0 Å². The molecule has 6 nitrogen and oxygen atoms in total. The van der Waals surface area contributed by atoms with Crippen molar-refractivity contribution >= 4 is 146 Å². The number of rotatable bonds is 12. The minimum absolute atomic E-state index is 0.452. The zero-order valence-corrected chi connectivity index (χ0v) is 76.2. The summed E-state index contributed by atoms with van der Waals surface area (Å²) in [5.74, 6) is 22.2. The van der Waals surface area contributed by atoms with Crippen LogP contribution >= 0.6 is 0 Å². The van der Waals surface area contributed by atoms with Gasteiger partial charge in [-0.25, -0.2) is 0 Å². The molecule has 0 aliphatic heterocycles. The Labute approximate surface area is 813 Å². The molecule has 648 valence electrons. The summed E-state index contributed by atoms with van der Waals surface area (Å²) in [4.78, 5) is 13.3. The van der Waals surface area contributed by atoms with Gasteiger partial charge in [0.25, 0.3) is 0 Å². The van der Waals surface area contributed by atoms with Crippen molar-refractivity contribution in [3.63, 3.8) is 0 Å². The van der Waals surface area contributed by atoms with Crippen LogP contribution in [0.5, 0.6) is 0 Å². The van der Waals surface area contributed by atoms with E-state index >= 15 is 0 Å². The van der Waals surface area contributed by atoms with E-state index in [0.717, 1.165) is 246 Å². The number of fused-ring (bicyclic) bond motifs is 12. The summed E-state index contributed by atoms with van der Waals surface area (Å²) in [7, 11) is 0. The van der Waals surface area contributed by atoms with Gasteiger partial charge < -0.3 is 16.6 Å². The van der Waals surface area contributed by atoms with Crippen molar-refractivity contribution in [3.8, 4) is 102 Å². The molecule has 0 fully saturated rings. The Morgan fingerprint density at radius 1 is 0.128 bits per heavy atom. The largest absolute Gasteiger partial charge is 0.361 e. The van der Waals surface area contributed by atoms with Gasteiger partial charge in [0.15, 0.2) is 0 Å². The first kappa shape index (κ1) is 83.3. The summed E-state index contributed by atoms with van der Waals surface area (Å²) in [6, 6.07) is 165. The van der Waals surface area contributed by atoms with Crippen LogP contribution in [-0.4, -0.2) is 31.5 Å². The molecular weight excluding hydrogens is 1710 g/mol. The molecule has 141 heavy (non-hydrogen) atoms. The summed E-state index contributed by atoms with van der Waals surface area (Å²) < 4.78 is 0. The second kappa shape index (κ2) is 35.4. The maximum Gasteiger partial charge on any atom is 0.332 e. The second-order valence-electron chi connectivity index (χ2n) is 35.8. The normalized spacial score (nSPS) is 11.2. The van der Waals surface area contributed by atoms with Crippen molar-refractivity contribution in [2.45, 2.75) is 0 Å². The third kappa shape index (κ3) is 14.3. The Bertz CT molecular complexity index is 8900. The van der Waals surface area contributed by atoms with Crippen LogP contribution in [0, 0.1) is 35.5 Å². The predicted molar refractivity (Wildman–Crippen MR) is 586 cm³/mol. The van der Waals surface area contributed by atoms with E-state index < -0.39 is 0 Å². The molecule has 0 aliphatic rings. The van der Waals surface area contributed by atoms with Gasteiger partial charge in [-0.1, -0.05) is 454 Å². The van der Waals surface area contributed by atoms with Crippen LogP contribution in [0.3, 0.4) is 0 Å². The summed E-state index contributed by atoms with van der Waals surface area (Å²) in [5.41, 5.74) is 59.5. The van der Waals surface area contributed by atoms with Gasteiger partial charge in [0, 0.05) is 33.4 Å². The van der Waals surface area contributed by atoms with Gasteiger partial charge in [0.05, 0.1) is 33.4 Å². The molecule has 0 amide bonds. The molecule has 0 spiro atoms. The van der Waals surface area contributed by atoms with E-state index in [1.54, 1.807) is 0 Å². The molecule has 0 bridgehead atoms. The van der Waals surface area contributed by atoms with Gasteiger partial charge in [-0.2, -0.15) is 14.4 Å². The van der Waals surface area contributed by atoms with Crippen molar-refractivity contribution in [1.29, 1.82) is 0 Å². The molecule has 25 rings (SSSR count). The van der Waals surface area contributed by atoms with Gasteiger partial charge in [0.1, 0.15) is 0 Å². The fourth-order valence-electron chi connectivity index (χ4n) is 22.1. The Kier molecular flexibility index (Phi) is 20.9. The SMILES string of the molecule is [N-]=[N+]=C(c1c2ccccc2c(-c2ccccc2)c2ccccc12)c1c2ccccc2c(-c2ccccc2)c2cc(C#Cc3cc(C#Cc4ccc5c(C(=[N+]=[N-])c6c7ccccc7c(-c7ccccc7)c7ccccc67)c6ccccc6c(-c6ccccc6)c5c4)cc(C#Cc4ccc5c(C(=[N+]=[N-])c6c7ccccc7c(-c7ccccc7)c7ccccc67)c6ccccc6c(-c6ccccc6)c5c4)c3)ccc12. The molecule has 0 aromatic heterocycles. The van der Waals surface area contributed by atoms with Gasteiger partial charge in [0.2, 0.25) is 0 Å². The lowest BCUT2D eigenvalue weighted by Gasteiger charge is -2.18. The standard InChI is InChI=1S/C135H78N6/c136-139-133(127-106-58-28-19-49-97(106)121(91-37-7-1-8-38-91)98-50-20-29-59-107(98)127)130-112-64-34-25-55-103(112)124(94-43-13-4-14-44-94)118-82-85(73-76-115(118)130)67-70-88-79-89(71-68-86-74-77-116-119(83-86)125(95-45-15-5-16-46-95)104-56-26-35-65-113(104)131(116)134(140-137)128-108-60-30-21-51-99(108)122(92-39-9-2-10-40-92)100-52-22-31-61-109(100)128)81-90(80-88)72-69-87-75-78-117-120(84-87)126(96-47-17-6-18-48-96)105-57-27-36-66-114(105)132(117)135(141-138)129-110-62-32-23-53-101(110)123(93-41-11-3-12-42-93)102-54-24-33-63-111(102)129/h1-66,73-84H. The zero-order valence-electron chi connectivity index (χ0n) is 76.2. The molecule has 0 radical (unpaired) electrons.